The number of hydrogen-bond acceptors (Lipinski definition) is 4. The molecule has 2 unspecified atom stereocenters. The molecule has 0 N–H and O–H groups in total. The zero-order valence-electron chi connectivity index (χ0n) is 20.2. The first-order chi connectivity index (χ1) is 16.8. The van der Waals surface area contributed by atoms with Crippen molar-refractivity contribution < 1.29 is 40.6 Å². The Balaban J connectivity index is 1.89. The van der Waals surface area contributed by atoms with E-state index >= 15 is 0 Å². The van der Waals surface area contributed by atoms with Gasteiger partial charge in [-0.05, 0) is 63.1 Å². The second-order valence-corrected chi connectivity index (χ2v) is 9.06. The molecule has 0 aromatic heterocycles. The van der Waals surface area contributed by atoms with Crippen LogP contribution in [-0.4, -0.2) is 37.7 Å². The van der Waals surface area contributed by atoms with Crippen LogP contribution in [0, 0.1) is 5.92 Å². The van der Waals surface area contributed by atoms with Crippen LogP contribution in [0.15, 0.2) is 48.5 Å². The van der Waals surface area contributed by atoms with Gasteiger partial charge in [0.05, 0.1) is 41.9 Å². The molecule has 0 amide bonds. The minimum absolute atomic E-state index is 0.00181. The van der Waals surface area contributed by atoms with E-state index in [1.54, 1.807) is 6.92 Å². The van der Waals surface area contributed by atoms with Crippen molar-refractivity contribution in [2.24, 2.45) is 5.92 Å². The Hall–Kier alpha value is -2.59. The Labute approximate surface area is 206 Å². The van der Waals surface area contributed by atoms with Crippen molar-refractivity contribution >= 4 is 5.97 Å². The van der Waals surface area contributed by atoms with E-state index in [0.29, 0.717) is 31.5 Å². The molecule has 3 rings (SSSR count). The summed E-state index contributed by atoms with van der Waals surface area (Å²) in [7, 11) is 1.82. The van der Waals surface area contributed by atoms with Crippen LogP contribution < -0.4 is 0 Å². The number of rotatable bonds is 7. The van der Waals surface area contributed by atoms with E-state index in [2.05, 4.69) is 0 Å². The maximum Gasteiger partial charge on any atom is 0.416 e. The minimum Gasteiger partial charge on any atom is -0.466 e. The summed E-state index contributed by atoms with van der Waals surface area (Å²) in [5, 5.41) is 0. The van der Waals surface area contributed by atoms with Gasteiger partial charge in [0.15, 0.2) is 0 Å². The lowest BCUT2D eigenvalue weighted by Crippen LogP contribution is -2.54. The van der Waals surface area contributed by atoms with Crippen LogP contribution in [0.25, 0.3) is 0 Å². The number of carbonyl (C=O) groups is 1. The van der Waals surface area contributed by atoms with Crippen LogP contribution in [0.3, 0.4) is 0 Å². The number of esters is 1. The number of hydrogen-bond donors (Lipinski definition) is 0. The van der Waals surface area contributed by atoms with Gasteiger partial charge in [0.2, 0.25) is 0 Å². The van der Waals surface area contributed by atoms with Gasteiger partial charge in [-0.3, -0.25) is 9.69 Å². The number of piperidine rings is 1. The fourth-order valence-corrected chi connectivity index (χ4v) is 4.60. The number of benzene rings is 2. The first-order valence-corrected chi connectivity index (χ1v) is 11.6. The first kappa shape index (κ1) is 28.0. The van der Waals surface area contributed by atoms with Crippen molar-refractivity contribution in [3.63, 3.8) is 0 Å². The van der Waals surface area contributed by atoms with Crippen molar-refractivity contribution in [2.75, 3.05) is 26.8 Å². The van der Waals surface area contributed by atoms with E-state index in [-0.39, 0.29) is 36.7 Å². The van der Waals surface area contributed by atoms with Crippen molar-refractivity contribution in [3.05, 3.63) is 70.8 Å². The van der Waals surface area contributed by atoms with Gasteiger partial charge in [0, 0.05) is 6.54 Å². The van der Waals surface area contributed by atoms with Gasteiger partial charge >= 0.3 is 18.3 Å². The fourth-order valence-electron chi connectivity index (χ4n) is 4.60. The molecular weight excluding hydrogens is 488 g/mol. The smallest absolute Gasteiger partial charge is 0.416 e. The molecule has 2 aromatic rings. The fraction of sp³-hybridized carbons (Fsp3) is 0.500. The highest BCUT2D eigenvalue weighted by molar-refractivity contribution is 5.72. The van der Waals surface area contributed by atoms with Gasteiger partial charge in [-0.25, -0.2) is 0 Å². The Morgan fingerprint density at radius 3 is 2.14 bits per heavy atom. The predicted molar refractivity (Wildman–Crippen MR) is 121 cm³/mol. The predicted octanol–water partition coefficient (Wildman–Crippen LogP) is 6.60. The van der Waals surface area contributed by atoms with Crippen LogP contribution in [0.1, 0.15) is 55.0 Å². The number of halogens is 6. The van der Waals surface area contributed by atoms with E-state index < -0.39 is 35.1 Å². The average Bonchev–Trinajstić information content (AvgIpc) is 2.82. The standard InChI is InChI=1S/C26H29F6NO3/c1-4-35-23(34)18-10-11-24(33(3)15-18,20-8-6-5-7-9-20)16-36-17(2)19-12-21(25(27,28)29)14-22(13-19)26(30,31)32/h5-9,12-14,17-18H,4,10-11,15-16H2,1-3H3/t17-,18?,24?/m1/s1. The molecule has 1 saturated heterocycles. The molecule has 3 atom stereocenters. The third-order valence-electron chi connectivity index (χ3n) is 6.71. The van der Waals surface area contributed by atoms with E-state index in [9.17, 15) is 31.1 Å². The molecule has 2 aromatic carbocycles. The number of alkyl halides is 6. The quantitative estimate of drug-likeness (QED) is 0.306. The van der Waals surface area contributed by atoms with Gasteiger partial charge < -0.3 is 9.47 Å². The lowest BCUT2D eigenvalue weighted by atomic mass is 9.78. The zero-order valence-corrected chi connectivity index (χ0v) is 20.2. The van der Waals surface area contributed by atoms with Crippen molar-refractivity contribution in [1.29, 1.82) is 0 Å². The van der Waals surface area contributed by atoms with Crippen LogP contribution in [-0.2, 0) is 32.2 Å². The van der Waals surface area contributed by atoms with Crippen LogP contribution in [0.2, 0.25) is 0 Å². The summed E-state index contributed by atoms with van der Waals surface area (Å²) < 4.78 is 91.0. The summed E-state index contributed by atoms with van der Waals surface area (Å²) in [5.74, 6) is -0.647. The molecule has 0 radical (unpaired) electrons. The topological polar surface area (TPSA) is 38.8 Å². The molecule has 1 aliphatic heterocycles. The SMILES string of the molecule is CCOC(=O)C1CCC(CO[C@H](C)c2cc(C(F)(F)F)cc(C(F)(F)F)c2)(c2ccccc2)N(C)C1. The molecular formula is C26H29F6NO3. The summed E-state index contributed by atoms with van der Waals surface area (Å²) in [6, 6.07) is 10.8. The lowest BCUT2D eigenvalue weighted by molar-refractivity contribution is -0.153. The Morgan fingerprint density at radius 1 is 1.06 bits per heavy atom. The number of likely N-dealkylation sites (tertiary alicyclic amines) is 1. The summed E-state index contributed by atoms with van der Waals surface area (Å²) in [6.07, 6.45) is -9.94. The Bertz CT molecular complexity index is 1010. The summed E-state index contributed by atoms with van der Waals surface area (Å²) in [5.41, 5.74) is -2.84. The summed E-state index contributed by atoms with van der Waals surface area (Å²) >= 11 is 0. The van der Waals surface area contributed by atoms with Crippen molar-refractivity contribution in [2.45, 2.75) is 50.7 Å². The molecule has 0 spiro atoms. The highest BCUT2D eigenvalue weighted by Crippen LogP contribution is 2.41. The molecule has 0 aliphatic carbocycles. The molecule has 198 valence electrons. The van der Waals surface area contributed by atoms with Crippen molar-refractivity contribution in [1.82, 2.24) is 4.90 Å². The third kappa shape index (κ3) is 6.21. The van der Waals surface area contributed by atoms with Gasteiger partial charge in [0.1, 0.15) is 0 Å². The van der Waals surface area contributed by atoms with Gasteiger partial charge in [-0.1, -0.05) is 30.3 Å². The maximum absolute atomic E-state index is 13.3. The number of likely N-dealkylation sites (N-methyl/N-ethyl adjacent to an activating group) is 1. The minimum atomic E-state index is -4.94. The highest BCUT2D eigenvalue weighted by atomic mass is 19.4. The average molecular weight is 518 g/mol. The number of carbonyl (C=O) groups excluding carboxylic acids is 1. The van der Waals surface area contributed by atoms with Crippen LogP contribution in [0.5, 0.6) is 0 Å². The zero-order chi connectivity index (χ0) is 26.7. The van der Waals surface area contributed by atoms with E-state index in [0.717, 1.165) is 5.56 Å². The summed E-state index contributed by atoms with van der Waals surface area (Å²) in [6.45, 7) is 3.79. The molecule has 1 heterocycles. The van der Waals surface area contributed by atoms with Crippen molar-refractivity contribution in [3.8, 4) is 0 Å². The Kier molecular flexibility index (Phi) is 8.40. The van der Waals surface area contributed by atoms with Crippen LogP contribution >= 0.6 is 0 Å². The normalized spacial score (nSPS) is 22.3. The Morgan fingerprint density at radius 2 is 1.64 bits per heavy atom. The second kappa shape index (κ2) is 10.8. The van der Waals surface area contributed by atoms with Gasteiger partial charge in [0.25, 0.3) is 0 Å². The highest BCUT2D eigenvalue weighted by Gasteiger charge is 2.44. The largest absolute Gasteiger partial charge is 0.466 e. The number of ether oxygens (including phenoxy) is 2. The van der Waals surface area contributed by atoms with E-state index in [1.165, 1.54) is 6.92 Å². The number of nitrogens with zero attached hydrogens (tertiary/aromatic N) is 1. The molecule has 36 heavy (non-hydrogen) atoms. The van der Waals surface area contributed by atoms with Crippen LogP contribution in [0.4, 0.5) is 26.3 Å². The second-order valence-electron chi connectivity index (χ2n) is 9.06. The van der Waals surface area contributed by atoms with E-state index in [1.807, 2.05) is 42.3 Å². The first-order valence-electron chi connectivity index (χ1n) is 11.6. The monoisotopic (exact) mass is 517 g/mol. The maximum atomic E-state index is 13.3. The molecule has 4 nitrogen and oxygen atoms in total. The molecule has 0 bridgehead atoms. The lowest BCUT2D eigenvalue weighted by Gasteiger charge is -2.48. The summed E-state index contributed by atoms with van der Waals surface area (Å²) in [4.78, 5) is 14.3. The van der Waals surface area contributed by atoms with Gasteiger partial charge in [-0.2, -0.15) is 26.3 Å². The molecule has 1 aliphatic rings. The van der Waals surface area contributed by atoms with E-state index in [4.69, 9.17) is 9.47 Å². The third-order valence-corrected chi connectivity index (χ3v) is 6.71. The molecule has 10 heteroatoms. The molecule has 0 saturated carbocycles. The molecule has 1 fully saturated rings. The van der Waals surface area contributed by atoms with Gasteiger partial charge in [-0.15, -0.1) is 0 Å².